The maximum Gasteiger partial charge on any atom is 0.264 e. The lowest BCUT2D eigenvalue weighted by Gasteiger charge is -2.33. The van der Waals surface area contributed by atoms with Crippen molar-refractivity contribution < 1.29 is 4.79 Å². The molecule has 0 radical (unpaired) electrons. The molecule has 2 rings (SSSR count). The minimum Gasteiger partial charge on any atom is -0.338 e. The highest BCUT2D eigenvalue weighted by molar-refractivity contribution is 9.13. The molecule has 0 saturated carbocycles. The van der Waals surface area contributed by atoms with Crippen LogP contribution < -0.4 is 0 Å². The number of likely N-dealkylation sites (tertiary alicyclic amines) is 1. The van der Waals surface area contributed by atoms with Crippen molar-refractivity contribution in [1.29, 1.82) is 0 Å². The van der Waals surface area contributed by atoms with Crippen LogP contribution in [-0.2, 0) is 0 Å². The first-order valence-corrected chi connectivity index (χ1v) is 8.76. The van der Waals surface area contributed by atoms with Crippen LogP contribution in [0, 0.1) is 5.92 Å². The van der Waals surface area contributed by atoms with Crippen molar-refractivity contribution in [2.24, 2.45) is 5.92 Å². The first-order valence-electron chi connectivity index (χ1n) is 6.36. The Kier molecular flexibility index (Phi) is 5.45. The number of carbonyl (C=O) groups is 1. The van der Waals surface area contributed by atoms with E-state index in [1.807, 2.05) is 11.0 Å². The number of halogens is 2. The average Bonchev–Trinajstić information content (AvgIpc) is 2.69. The Hall–Kier alpha value is 0.0900. The summed E-state index contributed by atoms with van der Waals surface area (Å²) in [6.45, 7) is 2.88. The molecule has 0 unspecified atom stereocenters. The van der Waals surface area contributed by atoms with E-state index in [4.69, 9.17) is 0 Å². The minimum atomic E-state index is 0.166. The fourth-order valence-electron chi connectivity index (χ4n) is 2.44. The molecule has 106 valence electrons. The number of rotatable bonds is 3. The Morgan fingerprint density at radius 3 is 2.53 bits per heavy atom. The fourth-order valence-corrected chi connectivity index (χ4v) is 4.45. The molecule has 0 aliphatic carbocycles. The van der Waals surface area contributed by atoms with Crippen LogP contribution in [0.2, 0.25) is 0 Å². The van der Waals surface area contributed by atoms with Crippen molar-refractivity contribution in [3.05, 3.63) is 19.2 Å². The van der Waals surface area contributed by atoms with Crippen LogP contribution in [-0.4, -0.2) is 49.4 Å². The fraction of sp³-hybridized carbons (Fsp3) is 0.615. The topological polar surface area (TPSA) is 23.6 Å². The van der Waals surface area contributed by atoms with Gasteiger partial charge in [0.15, 0.2) is 0 Å². The van der Waals surface area contributed by atoms with Gasteiger partial charge in [0.1, 0.15) is 0 Å². The quantitative estimate of drug-likeness (QED) is 0.759. The molecule has 3 nitrogen and oxygen atoms in total. The Balaban J connectivity index is 1.92. The smallest absolute Gasteiger partial charge is 0.264 e. The molecule has 0 N–H and O–H groups in total. The average molecular weight is 410 g/mol. The lowest BCUT2D eigenvalue weighted by molar-refractivity contribution is 0.0683. The Morgan fingerprint density at radius 2 is 2.05 bits per heavy atom. The van der Waals surface area contributed by atoms with Gasteiger partial charge in [-0.05, 0) is 70.8 Å². The van der Waals surface area contributed by atoms with Crippen molar-refractivity contribution >= 4 is 49.1 Å². The van der Waals surface area contributed by atoms with E-state index in [0.717, 1.165) is 51.5 Å². The molecule has 0 atom stereocenters. The van der Waals surface area contributed by atoms with Gasteiger partial charge in [0, 0.05) is 24.1 Å². The van der Waals surface area contributed by atoms with Crippen LogP contribution in [0.5, 0.6) is 0 Å². The van der Waals surface area contributed by atoms with Crippen molar-refractivity contribution in [3.8, 4) is 0 Å². The third-order valence-electron chi connectivity index (χ3n) is 3.38. The number of carbonyl (C=O) groups excluding carboxylic acids is 1. The second-order valence-electron chi connectivity index (χ2n) is 5.23. The molecule has 19 heavy (non-hydrogen) atoms. The highest BCUT2D eigenvalue weighted by Gasteiger charge is 2.25. The predicted octanol–water partition coefficient (Wildman–Crippen LogP) is 3.69. The highest BCUT2D eigenvalue weighted by Crippen LogP contribution is 2.33. The van der Waals surface area contributed by atoms with Crippen LogP contribution >= 0.6 is 43.2 Å². The van der Waals surface area contributed by atoms with Gasteiger partial charge in [-0.1, -0.05) is 0 Å². The van der Waals surface area contributed by atoms with Crippen molar-refractivity contribution in [3.63, 3.8) is 0 Å². The Labute approximate surface area is 135 Å². The van der Waals surface area contributed by atoms with Crippen LogP contribution in [0.1, 0.15) is 22.5 Å². The van der Waals surface area contributed by atoms with E-state index < -0.39 is 0 Å². The van der Waals surface area contributed by atoms with Gasteiger partial charge < -0.3 is 9.80 Å². The first-order chi connectivity index (χ1) is 8.97. The summed E-state index contributed by atoms with van der Waals surface area (Å²) in [6.07, 6.45) is 2.22. The maximum absolute atomic E-state index is 12.4. The lowest BCUT2D eigenvalue weighted by Crippen LogP contribution is -2.40. The summed E-state index contributed by atoms with van der Waals surface area (Å²) < 4.78 is 1.95. The van der Waals surface area contributed by atoms with E-state index in [1.165, 1.54) is 11.3 Å². The summed E-state index contributed by atoms with van der Waals surface area (Å²) >= 11 is 8.37. The summed E-state index contributed by atoms with van der Waals surface area (Å²) in [5.74, 6) is 0.889. The summed E-state index contributed by atoms with van der Waals surface area (Å²) in [7, 11) is 4.22. The summed E-state index contributed by atoms with van der Waals surface area (Å²) in [5, 5.41) is 0. The van der Waals surface area contributed by atoms with Crippen LogP contribution in [0.15, 0.2) is 14.3 Å². The molecule has 1 aliphatic heterocycles. The highest BCUT2D eigenvalue weighted by atomic mass is 79.9. The molecule has 1 saturated heterocycles. The zero-order valence-corrected chi connectivity index (χ0v) is 15.1. The number of thiophene rings is 1. The second-order valence-corrected chi connectivity index (χ2v) is 8.45. The van der Waals surface area contributed by atoms with E-state index in [1.54, 1.807) is 0 Å². The van der Waals surface area contributed by atoms with Crippen molar-refractivity contribution in [1.82, 2.24) is 9.80 Å². The molecular formula is C13H18Br2N2OS. The van der Waals surface area contributed by atoms with E-state index in [2.05, 4.69) is 50.9 Å². The normalized spacial score (nSPS) is 17.2. The van der Waals surface area contributed by atoms with Gasteiger partial charge >= 0.3 is 0 Å². The Bertz CT molecular complexity index is 434. The molecule has 1 amide bonds. The zero-order valence-electron chi connectivity index (χ0n) is 11.2. The number of hydrogen-bond acceptors (Lipinski definition) is 3. The third kappa shape index (κ3) is 4.03. The number of hydrogen-bond donors (Lipinski definition) is 0. The van der Waals surface area contributed by atoms with E-state index >= 15 is 0 Å². The third-order valence-corrected chi connectivity index (χ3v) is 6.63. The van der Waals surface area contributed by atoms with Gasteiger partial charge in [0.25, 0.3) is 5.91 Å². The van der Waals surface area contributed by atoms with Gasteiger partial charge in [0.05, 0.1) is 8.66 Å². The summed E-state index contributed by atoms with van der Waals surface area (Å²) in [4.78, 5) is 17.4. The van der Waals surface area contributed by atoms with Crippen LogP contribution in [0.4, 0.5) is 0 Å². The molecule has 1 aromatic heterocycles. The molecule has 0 bridgehead atoms. The zero-order chi connectivity index (χ0) is 14.0. The molecule has 6 heteroatoms. The standard InChI is InChI=1S/C13H18Br2N2OS/c1-16(2)8-9-3-5-17(6-4-9)13(18)11-7-10(14)12(15)19-11/h7,9H,3-6,8H2,1-2H3. The van der Waals surface area contributed by atoms with E-state index in [9.17, 15) is 4.79 Å². The number of amides is 1. The van der Waals surface area contributed by atoms with Crippen molar-refractivity contribution in [2.45, 2.75) is 12.8 Å². The number of piperidine rings is 1. The van der Waals surface area contributed by atoms with E-state index in [0.29, 0.717) is 0 Å². The van der Waals surface area contributed by atoms with Gasteiger partial charge in [-0.25, -0.2) is 0 Å². The van der Waals surface area contributed by atoms with Gasteiger partial charge in [-0.2, -0.15) is 0 Å². The first kappa shape index (κ1) is 15.5. The second kappa shape index (κ2) is 6.70. The van der Waals surface area contributed by atoms with Gasteiger partial charge in [-0.3, -0.25) is 4.79 Å². The maximum atomic E-state index is 12.4. The monoisotopic (exact) mass is 408 g/mol. The molecule has 1 aromatic rings. The molecular weight excluding hydrogens is 392 g/mol. The molecule has 1 aliphatic rings. The van der Waals surface area contributed by atoms with Crippen LogP contribution in [0.25, 0.3) is 0 Å². The molecule has 1 fully saturated rings. The minimum absolute atomic E-state index is 0.166. The summed E-state index contributed by atoms with van der Waals surface area (Å²) in [5.41, 5.74) is 0. The molecule has 0 aromatic carbocycles. The van der Waals surface area contributed by atoms with E-state index in [-0.39, 0.29) is 5.91 Å². The largest absolute Gasteiger partial charge is 0.338 e. The molecule has 2 heterocycles. The van der Waals surface area contributed by atoms with Crippen LogP contribution in [0.3, 0.4) is 0 Å². The predicted molar refractivity (Wildman–Crippen MR) is 86.9 cm³/mol. The van der Waals surface area contributed by atoms with Gasteiger partial charge in [-0.15, -0.1) is 11.3 Å². The Morgan fingerprint density at radius 1 is 1.42 bits per heavy atom. The number of nitrogens with zero attached hydrogens (tertiary/aromatic N) is 2. The van der Waals surface area contributed by atoms with Gasteiger partial charge in [0.2, 0.25) is 0 Å². The van der Waals surface area contributed by atoms with Crippen molar-refractivity contribution in [2.75, 3.05) is 33.7 Å². The lowest BCUT2D eigenvalue weighted by atomic mass is 9.96. The molecule has 0 spiro atoms. The summed E-state index contributed by atoms with van der Waals surface area (Å²) in [6, 6.07) is 1.91. The SMILES string of the molecule is CN(C)CC1CCN(C(=O)c2cc(Br)c(Br)s2)CC1.